The van der Waals surface area contributed by atoms with E-state index in [1.807, 2.05) is 67.6 Å². The summed E-state index contributed by atoms with van der Waals surface area (Å²) in [5.41, 5.74) is 11.0. The number of nitrogen functional groups attached to an aromatic ring is 1. The number of pyridine rings is 1. The topological polar surface area (TPSA) is 85.8 Å². The van der Waals surface area contributed by atoms with Gasteiger partial charge in [0.2, 0.25) is 5.91 Å². The molecule has 2 aromatic heterocycles. The molecule has 0 aliphatic heterocycles. The summed E-state index contributed by atoms with van der Waals surface area (Å²) < 4.78 is 2.13. The fraction of sp³-hybridized carbons (Fsp3) is 0.136. The van der Waals surface area contributed by atoms with Crippen LogP contribution in [0.15, 0.2) is 66.9 Å². The Morgan fingerprint density at radius 3 is 2.68 bits per heavy atom. The Morgan fingerprint density at radius 2 is 1.93 bits per heavy atom. The summed E-state index contributed by atoms with van der Waals surface area (Å²) in [6.07, 6.45) is 1.93. The first kappa shape index (κ1) is 17.7. The lowest BCUT2D eigenvalue weighted by Gasteiger charge is -2.09. The zero-order valence-electron chi connectivity index (χ0n) is 15.6. The smallest absolute Gasteiger partial charge is 0.230 e. The van der Waals surface area contributed by atoms with Crippen LogP contribution in [0.1, 0.15) is 17.1 Å². The lowest BCUT2D eigenvalue weighted by molar-refractivity contribution is -0.115. The van der Waals surface area contributed by atoms with Crippen LogP contribution < -0.4 is 11.1 Å². The molecule has 0 fully saturated rings. The summed E-state index contributed by atoms with van der Waals surface area (Å²) in [4.78, 5) is 21.2. The Balaban J connectivity index is 1.57. The summed E-state index contributed by atoms with van der Waals surface area (Å²) in [5.74, 6) is 0.822. The number of aryl methyl sites for hydroxylation is 1. The maximum atomic E-state index is 12.3. The summed E-state index contributed by atoms with van der Waals surface area (Å²) in [5, 5.41) is 2.95. The van der Waals surface area contributed by atoms with Gasteiger partial charge in [0, 0.05) is 29.8 Å². The number of amides is 1. The first-order valence-corrected chi connectivity index (χ1v) is 9.09. The molecule has 3 N–H and O–H groups in total. The van der Waals surface area contributed by atoms with Crippen LogP contribution in [0.4, 0.5) is 11.4 Å². The maximum absolute atomic E-state index is 12.3. The highest BCUT2D eigenvalue weighted by Gasteiger charge is 2.11. The van der Waals surface area contributed by atoms with Gasteiger partial charge in [-0.1, -0.05) is 18.2 Å². The molecule has 0 spiro atoms. The van der Waals surface area contributed by atoms with Crippen molar-refractivity contribution in [1.29, 1.82) is 0 Å². The van der Waals surface area contributed by atoms with Crippen molar-refractivity contribution in [3.8, 4) is 0 Å². The van der Waals surface area contributed by atoms with Gasteiger partial charge in [-0.05, 0) is 55.0 Å². The number of carbonyl (C=O) groups excluding carboxylic acids is 1. The molecule has 2 aromatic carbocycles. The van der Waals surface area contributed by atoms with Gasteiger partial charge in [-0.25, -0.2) is 4.98 Å². The SMILES string of the molecule is Cc1nc2ccc(NC(=O)Cc3ccccn3)cc2n1Cc1ccc(N)cc1. The van der Waals surface area contributed by atoms with E-state index in [-0.39, 0.29) is 12.3 Å². The van der Waals surface area contributed by atoms with Crippen LogP contribution in [0.2, 0.25) is 0 Å². The van der Waals surface area contributed by atoms with Crippen molar-refractivity contribution in [3.05, 3.63) is 83.9 Å². The third-order valence-corrected chi connectivity index (χ3v) is 4.61. The van der Waals surface area contributed by atoms with Gasteiger partial charge in [-0.2, -0.15) is 0 Å². The molecular weight excluding hydrogens is 350 g/mol. The zero-order chi connectivity index (χ0) is 19.5. The zero-order valence-corrected chi connectivity index (χ0v) is 15.6. The molecule has 6 nitrogen and oxygen atoms in total. The van der Waals surface area contributed by atoms with Gasteiger partial charge in [-0.15, -0.1) is 0 Å². The standard InChI is InChI=1S/C22H21N5O/c1-15-25-20-10-9-19(26-22(28)13-18-4-2-3-11-24-18)12-21(20)27(15)14-16-5-7-17(23)8-6-16/h2-12H,13-14,23H2,1H3,(H,26,28). The normalized spacial score (nSPS) is 10.9. The third-order valence-electron chi connectivity index (χ3n) is 4.61. The molecule has 0 unspecified atom stereocenters. The molecule has 4 aromatic rings. The number of hydrogen-bond acceptors (Lipinski definition) is 4. The minimum absolute atomic E-state index is 0.0978. The summed E-state index contributed by atoms with van der Waals surface area (Å²) in [6.45, 7) is 2.67. The highest BCUT2D eigenvalue weighted by Crippen LogP contribution is 2.22. The number of carbonyl (C=O) groups is 1. The Kier molecular flexibility index (Phi) is 4.76. The van der Waals surface area contributed by atoms with Crippen molar-refractivity contribution in [2.75, 3.05) is 11.1 Å². The Bertz CT molecular complexity index is 1120. The number of nitrogens with two attached hydrogens (primary N) is 1. The molecule has 4 rings (SSSR count). The van der Waals surface area contributed by atoms with Crippen LogP contribution >= 0.6 is 0 Å². The van der Waals surface area contributed by atoms with E-state index < -0.39 is 0 Å². The predicted octanol–water partition coefficient (Wildman–Crippen LogP) is 3.55. The van der Waals surface area contributed by atoms with Crippen LogP contribution in [-0.4, -0.2) is 20.4 Å². The van der Waals surface area contributed by atoms with E-state index in [4.69, 9.17) is 5.73 Å². The second-order valence-corrected chi connectivity index (χ2v) is 6.74. The number of anilines is 2. The molecule has 0 atom stereocenters. The van der Waals surface area contributed by atoms with Crippen molar-refractivity contribution in [3.63, 3.8) is 0 Å². The van der Waals surface area contributed by atoms with Gasteiger partial charge in [0.15, 0.2) is 0 Å². The van der Waals surface area contributed by atoms with Crippen LogP contribution in [-0.2, 0) is 17.8 Å². The molecule has 28 heavy (non-hydrogen) atoms. The molecule has 1 amide bonds. The molecule has 0 radical (unpaired) electrons. The number of fused-ring (bicyclic) bond motifs is 1. The lowest BCUT2D eigenvalue weighted by Crippen LogP contribution is -2.15. The number of benzene rings is 2. The van der Waals surface area contributed by atoms with Gasteiger partial charge in [0.1, 0.15) is 5.82 Å². The minimum Gasteiger partial charge on any atom is -0.399 e. The number of imidazole rings is 1. The van der Waals surface area contributed by atoms with Crippen LogP contribution in [0, 0.1) is 6.92 Å². The van der Waals surface area contributed by atoms with Gasteiger partial charge >= 0.3 is 0 Å². The fourth-order valence-corrected chi connectivity index (χ4v) is 3.20. The minimum atomic E-state index is -0.0978. The molecule has 0 aliphatic carbocycles. The van der Waals surface area contributed by atoms with E-state index in [0.717, 1.165) is 39.5 Å². The number of hydrogen-bond donors (Lipinski definition) is 2. The van der Waals surface area contributed by atoms with E-state index in [9.17, 15) is 4.79 Å². The van der Waals surface area contributed by atoms with E-state index in [0.29, 0.717) is 6.54 Å². The lowest BCUT2D eigenvalue weighted by atomic mass is 10.2. The fourth-order valence-electron chi connectivity index (χ4n) is 3.20. The summed E-state index contributed by atoms with van der Waals surface area (Å²) >= 11 is 0. The van der Waals surface area contributed by atoms with Gasteiger partial charge in [-0.3, -0.25) is 9.78 Å². The second kappa shape index (κ2) is 7.52. The average molecular weight is 371 g/mol. The van der Waals surface area contributed by atoms with Crippen LogP contribution in [0.3, 0.4) is 0 Å². The number of nitrogens with one attached hydrogen (secondary N) is 1. The Hall–Kier alpha value is -3.67. The third kappa shape index (κ3) is 3.86. The van der Waals surface area contributed by atoms with E-state index >= 15 is 0 Å². The Labute approximate surface area is 163 Å². The van der Waals surface area contributed by atoms with E-state index in [1.54, 1.807) is 6.20 Å². The van der Waals surface area contributed by atoms with Crippen molar-refractivity contribution in [2.45, 2.75) is 19.9 Å². The van der Waals surface area contributed by atoms with Gasteiger partial charge < -0.3 is 15.6 Å². The predicted molar refractivity (Wildman–Crippen MR) is 111 cm³/mol. The average Bonchev–Trinajstić information content (AvgIpc) is 2.99. The van der Waals surface area contributed by atoms with Crippen molar-refractivity contribution < 1.29 is 4.79 Å². The van der Waals surface area contributed by atoms with Crippen molar-refractivity contribution in [2.24, 2.45) is 0 Å². The first-order valence-electron chi connectivity index (χ1n) is 9.09. The van der Waals surface area contributed by atoms with Gasteiger partial charge in [0.25, 0.3) is 0 Å². The number of aromatic nitrogens is 3. The van der Waals surface area contributed by atoms with Crippen LogP contribution in [0.25, 0.3) is 11.0 Å². The first-order chi connectivity index (χ1) is 13.6. The largest absolute Gasteiger partial charge is 0.399 e. The number of rotatable bonds is 5. The molecule has 0 aliphatic rings. The summed E-state index contributed by atoms with van der Waals surface area (Å²) in [7, 11) is 0. The van der Waals surface area contributed by atoms with Gasteiger partial charge in [0.05, 0.1) is 17.5 Å². The summed E-state index contributed by atoms with van der Waals surface area (Å²) in [6, 6.07) is 19.1. The van der Waals surface area contributed by atoms with Crippen molar-refractivity contribution in [1.82, 2.24) is 14.5 Å². The highest BCUT2D eigenvalue weighted by molar-refractivity contribution is 5.94. The molecule has 6 heteroatoms. The maximum Gasteiger partial charge on any atom is 0.230 e. The monoisotopic (exact) mass is 371 g/mol. The molecule has 0 saturated heterocycles. The number of nitrogens with zero attached hydrogens (tertiary/aromatic N) is 3. The molecule has 0 bridgehead atoms. The van der Waals surface area contributed by atoms with Crippen molar-refractivity contribution >= 4 is 28.3 Å². The molecular formula is C22H21N5O. The van der Waals surface area contributed by atoms with E-state index in [1.165, 1.54) is 0 Å². The second-order valence-electron chi connectivity index (χ2n) is 6.74. The highest BCUT2D eigenvalue weighted by atomic mass is 16.1. The quantitative estimate of drug-likeness (QED) is 0.525. The Morgan fingerprint density at radius 1 is 1.11 bits per heavy atom. The molecule has 2 heterocycles. The molecule has 140 valence electrons. The molecule has 0 saturated carbocycles. The van der Waals surface area contributed by atoms with E-state index in [2.05, 4.69) is 19.9 Å². The van der Waals surface area contributed by atoms with Crippen LogP contribution in [0.5, 0.6) is 0 Å².